The van der Waals surface area contributed by atoms with E-state index in [1.165, 1.54) is 11.3 Å². The van der Waals surface area contributed by atoms with E-state index in [-0.39, 0.29) is 17.4 Å². The van der Waals surface area contributed by atoms with Crippen LogP contribution < -0.4 is 5.32 Å². The van der Waals surface area contributed by atoms with Crippen LogP contribution in [0.2, 0.25) is 5.02 Å². The number of ketones is 1. The van der Waals surface area contributed by atoms with Gasteiger partial charge in [-0.1, -0.05) is 18.5 Å². The number of nitrogens with one attached hydrogen (secondary N) is 1. The van der Waals surface area contributed by atoms with E-state index >= 15 is 0 Å². The molecular formula is C19H20ClNO4S2. The molecule has 0 aliphatic heterocycles. The van der Waals surface area contributed by atoms with Gasteiger partial charge < -0.3 is 10.4 Å². The van der Waals surface area contributed by atoms with Crippen LogP contribution in [0, 0.1) is 0 Å². The minimum atomic E-state index is -1.07. The summed E-state index contributed by atoms with van der Waals surface area (Å²) in [5.41, 5.74) is 0.909. The maximum Gasteiger partial charge on any atom is 0.319 e. The molecule has 27 heavy (non-hydrogen) atoms. The van der Waals surface area contributed by atoms with Crippen molar-refractivity contribution in [1.82, 2.24) is 0 Å². The number of carboxylic acids is 1. The van der Waals surface area contributed by atoms with Crippen molar-refractivity contribution in [1.29, 1.82) is 0 Å². The van der Waals surface area contributed by atoms with Crippen molar-refractivity contribution in [3.05, 3.63) is 51.4 Å². The van der Waals surface area contributed by atoms with Gasteiger partial charge in [-0.15, -0.1) is 23.1 Å². The molecular weight excluding hydrogens is 406 g/mol. The van der Waals surface area contributed by atoms with Crippen LogP contribution in [0.25, 0.3) is 0 Å². The van der Waals surface area contributed by atoms with Gasteiger partial charge >= 0.3 is 5.97 Å². The number of benzene rings is 1. The molecule has 0 fully saturated rings. The molecule has 0 aliphatic carbocycles. The molecule has 1 heterocycles. The average molecular weight is 426 g/mol. The summed E-state index contributed by atoms with van der Waals surface area (Å²) in [5.74, 6) is -1.54. The fourth-order valence-electron chi connectivity index (χ4n) is 2.10. The fraction of sp³-hybridized carbons (Fsp3) is 0.316. The molecule has 0 aliphatic rings. The number of carbonyl (C=O) groups is 3. The predicted octanol–water partition coefficient (Wildman–Crippen LogP) is 4.73. The molecule has 0 atom stereocenters. The molecule has 8 heteroatoms. The molecule has 2 aromatic rings. The molecule has 1 amide bonds. The van der Waals surface area contributed by atoms with Gasteiger partial charge in [-0.2, -0.15) is 0 Å². The lowest BCUT2D eigenvalue weighted by atomic mass is 10.0. The van der Waals surface area contributed by atoms with Crippen molar-refractivity contribution in [3.63, 3.8) is 0 Å². The highest BCUT2D eigenvalue weighted by Crippen LogP contribution is 2.31. The maximum atomic E-state index is 12.8. The topological polar surface area (TPSA) is 83.5 Å². The molecule has 0 spiro atoms. The number of anilines is 1. The molecule has 0 saturated heterocycles. The van der Waals surface area contributed by atoms with Crippen molar-refractivity contribution < 1.29 is 19.5 Å². The highest BCUT2D eigenvalue weighted by molar-refractivity contribution is 8.02. The van der Waals surface area contributed by atoms with Crippen LogP contribution in [0.1, 0.15) is 41.6 Å². The first-order valence-electron chi connectivity index (χ1n) is 8.24. The standard InChI is InChI=1S/C19H20ClNO4S2/c1-4-13-9-14(16(23)11-5-7-12(20)8-6-11)17(27-13)21-15(22)10-26-19(2,3)18(24)25/h5-9H,4,10H2,1-3H3,(H,21,22)(H,24,25). The molecule has 2 rings (SSSR count). The molecule has 2 N–H and O–H groups in total. The molecule has 0 saturated carbocycles. The molecule has 144 valence electrons. The summed E-state index contributed by atoms with van der Waals surface area (Å²) >= 11 is 8.25. The zero-order chi connectivity index (χ0) is 20.2. The van der Waals surface area contributed by atoms with E-state index in [1.54, 1.807) is 44.2 Å². The van der Waals surface area contributed by atoms with Crippen LogP contribution in [-0.4, -0.2) is 33.3 Å². The van der Waals surface area contributed by atoms with Gasteiger partial charge in [0.05, 0.1) is 11.3 Å². The maximum absolute atomic E-state index is 12.8. The van der Waals surface area contributed by atoms with Gasteiger partial charge in [0.25, 0.3) is 0 Å². The number of carbonyl (C=O) groups excluding carboxylic acids is 2. The number of thiophene rings is 1. The Morgan fingerprint density at radius 3 is 2.41 bits per heavy atom. The smallest absolute Gasteiger partial charge is 0.319 e. The molecule has 5 nitrogen and oxygen atoms in total. The van der Waals surface area contributed by atoms with Gasteiger partial charge in [-0.05, 0) is 50.6 Å². The SMILES string of the molecule is CCc1cc(C(=O)c2ccc(Cl)cc2)c(NC(=O)CSC(C)(C)C(=O)O)s1. The lowest BCUT2D eigenvalue weighted by Gasteiger charge is -2.17. The number of halogens is 1. The number of carboxylic acid groups (broad SMARTS) is 1. The number of aryl methyl sites for hydroxylation is 1. The third-order valence-electron chi connectivity index (χ3n) is 3.81. The largest absolute Gasteiger partial charge is 0.480 e. The first kappa shape index (κ1) is 21.5. The first-order valence-corrected chi connectivity index (χ1v) is 10.4. The monoisotopic (exact) mass is 425 g/mol. The van der Waals surface area contributed by atoms with Gasteiger partial charge in [0.1, 0.15) is 9.75 Å². The number of rotatable bonds is 8. The van der Waals surface area contributed by atoms with Crippen LogP contribution in [-0.2, 0) is 16.0 Å². The summed E-state index contributed by atoms with van der Waals surface area (Å²) in [4.78, 5) is 37.2. The molecule has 1 aromatic carbocycles. The van der Waals surface area contributed by atoms with Crippen molar-refractivity contribution in [2.45, 2.75) is 31.9 Å². The lowest BCUT2D eigenvalue weighted by molar-refractivity contribution is -0.138. The zero-order valence-corrected chi connectivity index (χ0v) is 17.6. The Kier molecular flexibility index (Phi) is 7.08. The third-order valence-corrected chi connectivity index (χ3v) is 6.56. The number of hydrogen-bond acceptors (Lipinski definition) is 5. The second-order valence-electron chi connectivity index (χ2n) is 6.30. The number of hydrogen-bond donors (Lipinski definition) is 2. The molecule has 0 radical (unpaired) electrons. The second-order valence-corrected chi connectivity index (χ2v) is 9.47. The summed E-state index contributed by atoms with van der Waals surface area (Å²) in [5, 5.41) is 12.9. The van der Waals surface area contributed by atoms with E-state index in [4.69, 9.17) is 16.7 Å². The van der Waals surface area contributed by atoms with Gasteiger partial charge in [-0.25, -0.2) is 0 Å². The Hall–Kier alpha value is -1.83. The summed E-state index contributed by atoms with van der Waals surface area (Å²) in [6, 6.07) is 8.36. The van der Waals surface area contributed by atoms with Crippen LogP contribution in [0.15, 0.2) is 30.3 Å². The van der Waals surface area contributed by atoms with Crippen LogP contribution in [0.3, 0.4) is 0 Å². The lowest BCUT2D eigenvalue weighted by Crippen LogP contribution is -2.29. The second kappa shape index (κ2) is 8.91. The minimum Gasteiger partial charge on any atom is -0.480 e. The summed E-state index contributed by atoms with van der Waals surface area (Å²) < 4.78 is -1.07. The zero-order valence-electron chi connectivity index (χ0n) is 15.2. The number of aliphatic carboxylic acids is 1. The van der Waals surface area contributed by atoms with Gasteiger partial charge in [0, 0.05) is 15.5 Å². The Balaban J connectivity index is 2.18. The quantitative estimate of drug-likeness (QED) is 0.597. The minimum absolute atomic E-state index is 0.0206. The Bertz CT molecular complexity index is 859. The predicted molar refractivity (Wildman–Crippen MR) is 111 cm³/mol. The molecule has 0 bridgehead atoms. The van der Waals surface area contributed by atoms with Crippen LogP contribution in [0.5, 0.6) is 0 Å². The number of thioether (sulfide) groups is 1. The van der Waals surface area contributed by atoms with E-state index in [0.717, 1.165) is 23.1 Å². The normalized spacial score (nSPS) is 11.3. The van der Waals surface area contributed by atoms with E-state index in [2.05, 4.69) is 5.32 Å². The van der Waals surface area contributed by atoms with E-state index in [0.29, 0.717) is 21.2 Å². The third kappa shape index (κ3) is 5.57. The highest BCUT2D eigenvalue weighted by atomic mass is 35.5. The Morgan fingerprint density at radius 2 is 1.85 bits per heavy atom. The first-order chi connectivity index (χ1) is 12.6. The summed E-state index contributed by atoms with van der Waals surface area (Å²) in [6.45, 7) is 5.06. The van der Waals surface area contributed by atoms with Gasteiger partial charge in [0.15, 0.2) is 5.78 Å². The summed E-state index contributed by atoms with van der Waals surface area (Å²) in [6.07, 6.45) is 0.738. The van der Waals surface area contributed by atoms with Crippen molar-refractivity contribution in [2.24, 2.45) is 0 Å². The highest BCUT2D eigenvalue weighted by Gasteiger charge is 2.29. The van der Waals surface area contributed by atoms with Gasteiger partial charge in [-0.3, -0.25) is 14.4 Å². The fourth-order valence-corrected chi connectivity index (χ4v) is 3.93. The molecule has 0 unspecified atom stereocenters. The Labute approximate surface area is 171 Å². The number of amides is 1. The van der Waals surface area contributed by atoms with E-state index < -0.39 is 10.7 Å². The van der Waals surface area contributed by atoms with Crippen molar-refractivity contribution in [2.75, 3.05) is 11.1 Å². The van der Waals surface area contributed by atoms with E-state index in [9.17, 15) is 14.4 Å². The van der Waals surface area contributed by atoms with Crippen LogP contribution in [0.4, 0.5) is 5.00 Å². The summed E-state index contributed by atoms with van der Waals surface area (Å²) in [7, 11) is 0. The van der Waals surface area contributed by atoms with Gasteiger partial charge in [0.2, 0.25) is 5.91 Å². The van der Waals surface area contributed by atoms with E-state index in [1.807, 2.05) is 6.92 Å². The van der Waals surface area contributed by atoms with Crippen molar-refractivity contribution in [3.8, 4) is 0 Å². The van der Waals surface area contributed by atoms with Crippen LogP contribution >= 0.6 is 34.7 Å². The van der Waals surface area contributed by atoms with Crippen molar-refractivity contribution >= 4 is 57.4 Å². The average Bonchev–Trinajstić information content (AvgIpc) is 3.03. The Morgan fingerprint density at radius 1 is 1.22 bits per heavy atom. The molecule has 1 aromatic heterocycles.